The molecule has 0 spiro atoms. The molecule has 1 aromatic carbocycles. The summed E-state index contributed by atoms with van der Waals surface area (Å²) in [6.07, 6.45) is 3.57. The maximum atomic E-state index is 13.1. The monoisotopic (exact) mass is 441 g/mol. The molecule has 0 bridgehead atoms. The van der Waals surface area contributed by atoms with Gasteiger partial charge in [0.05, 0.1) is 17.4 Å². The summed E-state index contributed by atoms with van der Waals surface area (Å²) in [4.78, 5) is 24.4. The minimum Gasteiger partial charge on any atom is -0.483 e. The lowest BCUT2D eigenvalue weighted by molar-refractivity contribution is -0.134. The predicted molar refractivity (Wildman–Crippen MR) is 126 cm³/mol. The number of amides is 1. The number of ether oxygens (including phenoxy) is 1. The molecule has 1 amide bonds. The Morgan fingerprint density at radius 3 is 2.64 bits per heavy atom. The molecule has 0 saturated carbocycles. The smallest absolute Gasteiger partial charge is 0.261 e. The number of hydrogen-bond acceptors (Lipinski definition) is 5. The minimum absolute atomic E-state index is 0.0172. The first-order valence-electron chi connectivity index (χ1n) is 11.3. The molecule has 5 rings (SSSR count). The molecule has 4 heterocycles. The summed E-state index contributed by atoms with van der Waals surface area (Å²) in [5, 5.41) is 5.64. The zero-order valence-corrected chi connectivity index (χ0v) is 19.2. The van der Waals surface area contributed by atoms with Gasteiger partial charge in [-0.25, -0.2) is 9.97 Å². The Kier molecular flexibility index (Phi) is 5.54. The summed E-state index contributed by atoms with van der Waals surface area (Å²) >= 11 is 0. The highest BCUT2D eigenvalue weighted by Gasteiger charge is 2.31. The Bertz CT molecular complexity index is 1300. The molecular weight excluding hydrogens is 414 g/mol. The second kappa shape index (κ2) is 8.65. The number of pyridine rings is 2. The van der Waals surface area contributed by atoms with Crippen molar-refractivity contribution in [3.8, 4) is 11.6 Å². The molecular formula is C26H27N5O2. The number of hydrogen-bond donors (Lipinski definition) is 0. The van der Waals surface area contributed by atoms with Gasteiger partial charge in [0.1, 0.15) is 5.75 Å². The van der Waals surface area contributed by atoms with Crippen LogP contribution < -0.4 is 4.74 Å². The van der Waals surface area contributed by atoms with Crippen molar-refractivity contribution in [1.29, 1.82) is 0 Å². The average molecular weight is 442 g/mol. The summed E-state index contributed by atoms with van der Waals surface area (Å²) in [6.45, 7) is 6.70. The van der Waals surface area contributed by atoms with Crippen LogP contribution in [0.1, 0.15) is 41.4 Å². The van der Waals surface area contributed by atoms with Gasteiger partial charge in [0.15, 0.2) is 18.1 Å². The lowest BCUT2D eigenvalue weighted by Crippen LogP contribution is -2.35. The third-order valence-corrected chi connectivity index (χ3v) is 6.27. The van der Waals surface area contributed by atoms with Crippen molar-refractivity contribution in [1.82, 2.24) is 24.6 Å². The van der Waals surface area contributed by atoms with Crippen LogP contribution in [0.5, 0.6) is 5.75 Å². The van der Waals surface area contributed by atoms with Crippen LogP contribution in [0.25, 0.3) is 16.9 Å². The fourth-order valence-electron chi connectivity index (χ4n) is 4.60. The number of para-hydroxylation sites is 1. The van der Waals surface area contributed by atoms with Crippen LogP contribution in [-0.2, 0) is 4.79 Å². The Balaban J connectivity index is 1.41. The van der Waals surface area contributed by atoms with Gasteiger partial charge >= 0.3 is 0 Å². The number of fused-ring (bicyclic) bond motifs is 1. The van der Waals surface area contributed by atoms with E-state index in [-0.39, 0.29) is 18.6 Å². The Morgan fingerprint density at radius 2 is 1.88 bits per heavy atom. The molecule has 168 valence electrons. The zero-order valence-electron chi connectivity index (χ0n) is 19.2. The Morgan fingerprint density at radius 1 is 1.06 bits per heavy atom. The van der Waals surface area contributed by atoms with Crippen LogP contribution in [0.15, 0.2) is 54.7 Å². The highest BCUT2D eigenvalue weighted by molar-refractivity contribution is 5.81. The summed E-state index contributed by atoms with van der Waals surface area (Å²) in [7, 11) is 0. The van der Waals surface area contributed by atoms with Crippen LogP contribution >= 0.6 is 0 Å². The topological polar surface area (TPSA) is 73.1 Å². The molecule has 0 unspecified atom stereocenters. The number of benzene rings is 1. The normalized spacial score (nSPS) is 15.8. The van der Waals surface area contributed by atoms with Gasteiger partial charge in [0.2, 0.25) is 0 Å². The van der Waals surface area contributed by atoms with Crippen molar-refractivity contribution in [3.63, 3.8) is 0 Å². The maximum absolute atomic E-state index is 13.1. The maximum Gasteiger partial charge on any atom is 0.261 e. The van der Waals surface area contributed by atoms with Crippen molar-refractivity contribution in [2.45, 2.75) is 39.7 Å². The summed E-state index contributed by atoms with van der Waals surface area (Å²) in [5.74, 6) is 1.49. The van der Waals surface area contributed by atoms with E-state index in [2.05, 4.69) is 10.1 Å². The molecule has 33 heavy (non-hydrogen) atoms. The van der Waals surface area contributed by atoms with E-state index in [0.29, 0.717) is 6.54 Å². The second-order valence-corrected chi connectivity index (χ2v) is 8.55. The molecule has 1 aliphatic rings. The first kappa shape index (κ1) is 21.1. The Hall–Kier alpha value is -3.74. The summed E-state index contributed by atoms with van der Waals surface area (Å²) < 4.78 is 7.72. The molecule has 1 atom stereocenters. The fraction of sp³-hybridized carbons (Fsp3) is 0.308. The zero-order chi connectivity index (χ0) is 22.9. The molecule has 0 radical (unpaired) electrons. The first-order valence-corrected chi connectivity index (χ1v) is 11.3. The number of aromatic nitrogens is 4. The van der Waals surface area contributed by atoms with Gasteiger partial charge in [-0.3, -0.25) is 4.79 Å². The standard InChI is InChI=1S/C26H27N5O2/c1-17-8-6-9-18(2)25(17)33-16-24(32)30-15-7-10-22(30)21-13-12-20-19(3)29-31(26(20)28-21)23-11-4-5-14-27-23/h4-6,8-9,11-14,22H,7,10,15-16H2,1-3H3/t22-/m1/s1. The van der Waals surface area contributed by atoms with E-state index in [4.69, 9.17) is 9.72 Å². The molecule has 7 heteroatoms. The molecule has 7 nitrogen and oxygen atoms in total. The predicted octanol–water partition coefficient (Wildman–Crippen LogP) is 4.48. The number of likely N-dealkylation sites (tertiary alicyclic amines) is 1. The van der Waals surface area contributed by atoms with Crippen molar-refractivity contribution in [2.24, 2.45) is 0 Å². The number of carbonyl (C=O) groups excluding carboxylic acids is 1. The second-order valence-electron chi connectivity index (χ2n) is 8.55. The van der Waals surface area contributed by atoms with E-state index in [1.165, 1.54) is 0 Å². The summed E-state index contributed by atoms with van der Waals surface area (Å²) in [6, 6.07) is 15.7. The van der Waals surface area contributed by atoms with Crippen molar-refractivity contribution in [2.75, 3.05) is 13.2 Å². The van der Waals surface area contributed by atoms with Gasteiger partial charge < -0.3 is 9.64 Å². The molecule has 1 aliphatic heterocycles. The van der Waals surface area contributed by atoms with Gasteiger partial charge in [0.25, 0.3) is 5.91 Å². The third-order valence-electron chi connectivity index (χ3n) is 6.27. The number of rotatable bonds is 5. The SMILES string of the molecule is Cc1cccc(C)c1OCC(=O)N1CCC[C@@H]1c1ccc2c(C)nn(-c3ccccn3)c2n1. The van der Waals surface area contributed by atoms with Crippen LogP contribution in [0, 0.1) is 20.8 Å². The minimum atomic E-state index is -0.0733. The van der Waals surface area contributed by atoms with Gasteiger partial charge in [0, 0.05) is 18.1 Å². The lowest BCUT2D eigenvalue weighted by atomic mass is 10.1. The molecule has 0 N–H and O–H groups in total. The molecule has 4 aromatic rings. The summed E-state index contributed by atoms with van der Waals surface area (Å²) in [5.41, 5.74) is 4.60. The van der Waals surface area contributed by atoms with E-state index in [1.54, 1.807) is 10.9 Å². The molecule has 0 aliphatic carbocycles. The first-order chi connectivity index (χ1) is 16.0. The van der Waals surface area contributed by atoms with E-state index >= 15 is 0 Å². The van der Waals surface area contributed by atoms with Crippen LogP contribution in [0.3, 0.4) is 0 Å². The molecule has 1 fully saturated rings. The third kappa shape index (κ3) is 3.95. The number of carbonyl (C=O) groups is 1. The van der Waals surface area contributed by atoms with Crippen LogP contribution in [0.4, 0.5) is 0 Å². The van der Waals surface area contributed by atoms with Crippen molar-refractivity contribution >= 4 is 16.9 Å². The van der Waals surface area contributed by atoms with Crippen LogP contribution in [-0.4, -0.2) is 43.7 Å². The molecule has 3 aromatic heterocycles. The van der Waals surface area contributed by atoms with Gasteiger partial charge in [-0.2, -0.15) is 9.78 Å². The fourth-order valence-corrected chi connectivity index (χ4v) is 4.60. The van der Waals surface area contributed by atoms with Gasteiger partial charge in [-0.1, -0.05) is 24.3 Å². The van der Waals surface area contributed by atoms with Crippen molar-refractivity contribution < 1.29 is 9.53 Å². The van der Waals surface area contributed by atoms with Gasteiger partial charge in [-0.15, -0.1) is 0 Å². The highest BCUT2D eigenvalue weighted by atomic mass is 16.5. The quantitative estimate of drug-likeness (QED) is 0.456. The average Bonchev–Trinajstić information content (AvgIpc) is 3.44. The number of aryl methyl sites for hydroxylation is 3. The molecule has 1 saturated heterocycles. The van der Waals surface area contributed by atoms with E-state index in [9.17, 15) is 4.79 Å². The van der Waals surface area contributed by atoms with E-state index in [0.717, 1.165) is 58.0 Å². The number of nitrogens with zero attached hydrogens (tertiary/aromatic N) is 5. The largest absolute Gasteiger partial charge is 0.483 e. The lowest BCUT2D eigenvalue weighted by Gasteiger charge is -2.25. The van der Waals surface area contributed by atoms with E-state index < -0.39 is 0 Å². The Labute approximate surface area is 193 Å². The van der Waals surface area contributed by atoms with Crippen LogP contribution in [0.2, 0.25) is 0 Å². The van der Waals surface area contributed by atoms with Crippen molar-refractivity contribution in [3.05, 3.63) is 77.2 Å². The van der Waals surface area contributed by atoms with Gasteiger partial charge in [-0.05, 0) is 69.0 Å². The van der Waals surface area contributed by atoms with E-state index in [1.807, 2.05) is 74.2 Å². The highest BCUT2D eigenvalue weighted by Crippen LogP contribution is 2.33.